The molecule has 5 rings (SSSR count). The Morgan fingerprint density at radius 1 is 1.09 bits per heavy atom. The summed E-state index contributed by atoms with van der Waals surface area (Å²) in [5, 5.41) is 26.8. The summed E-state index contributed by atoms with van der Waals surface area (Å²) in [6.45, 7) is 2.44. The molecule has 13 heteroatoms. The van der Waals surface area contributed by atoms with E-state index < -0.39 is 42.2 Å². The largest absolute Gasteiger partial charge is 0.465 e. The molecule has 0 fully saturated rings. The Morgan fingerprint density at radius 3 is 2.40 bits per heavy atom. The van der Waals surface area contributed by atoms with Crippen molar-refractivity contribution in [3.05, 3.63) is 95.4 Å². The van der Waals surface area contributed by atoms with E-state index in [0.29, 0.717) is 43.2 Å². The van der Waals surface area contributed by atoms with Gasteiger partial charge in [-0.3, -0.25) is 20.0 Å². The highest BCUT2D eigenvalue weighted by molar-refractivity contribution is 6.33. The fourth-order valence-corrected chi connectivity index (χ4v) is 5.77. The summed E-state index contributed by atoms with van der Waals surface area (Å²) in [5.74, 6) is -0.791. The van der Waals surface area contributed by atoms with Gasteiger partial charge >= 0.3 is 12.6 Å². The number of amides is 2. The fourth-order valence-electron chi connectivity index (χ4n) is 5.56. The number of carboxylic acid groups (broad SMARTS) is 1. The third-order valence-corrected chi connectivity index (χ3v) is 7.73. The zero-order valence-corrected chi connectivity index (χ0v) is 25.4. The van der Waals surface area contributed by atoms with Gasteiger partial charge in [0.15, 0.2) is 5.54 Å². The summed E-state index contributed by atoms with van der Waals surface area (Å²) in [7, 11) is 0. The molecule has 3 heterocycles. The SMILES string of the molecule is CC(C)(C)C[C@]1(c2ccc(-c3cnn(C(F)F)c3)cc2)N=C(NC(=O)O)N(C(CO)c2ccc(Cl)c(-c3ccccn3)c2)C1=O. The predicted octanol–water partition coefficient (Wildman–Crippen LogP) is 6.49. The van der Waals surface area contributed by atoms with Crippen LogP contribution in [0.15, 0.2) is 84.2 Å². The highest BCUT2D eigenvalue weighted by Crippen LogP contribution is 2.45. The maximum Gasteiger partial charge on any atom is 0.411 e. The van der Waals surface area contributed by atoms with Crippen molar-refractivity contribution in [1.29, 1.82) is 0 Å². The van der Waals surface area contributed by atoms with Gasteiger partial charge < -0.3 is 10.2 Å². The minimum atomic E-state index is -2.79. The minimum absolute atomic E-state index is 0.181. The Labute approximate surface area is 263 Å². The van der Waals surface area contributed by atoms with Crippen molar-refractivity contribution < 1.29 is 28.6 Å². The molecule has 2 aromatic carbocycles. The van der Waals surface area contributed by atoms with E-state index in [0.717, 1.165) is 0 Å². The lowest BCUT2D eigenvalue weighted by Crippen LogP contribution is -2.49. The summed E-state index contributed by atoms with van der Waals surface area (Å²) < 4.78 is 26.7. The average molecular weight is 637 g/mol. The van der Waals surface area contributed by atoms with Crippen LogP contribution in [0.4, 0.5) is 13.6 Å². The van der Waals surface area contributed by atoms with Crippen LogP contribution in [0.25, 0.3) is 22.4 Å². The maximum atomic E-state index is 14.7. The number of rotatable bonds is 8. The third-order valence-electron chi connectivity index (χ3n) is 7.40. The van der Waals surface area contributed by atoms with E-state index in [-0.39, 0.29) is 12.4 Å². The number of nitrogens with one attached hydrogen (secondary N) is 1. The molecule has 2 aromatic heterocycles. The maximum absolute atomic E-state index is 14.7. The van der Waals surface area contributed by atoms with Crippen LogP contribution in [0.1, 0.15) is 50.9 Å². The van der Waals surface area contributed by atoms with E-state index in [1.165, 1.54) is 17.3 Å². The predicted molar refractivity (Wildman–Crippen MR) is 165 cm³/mol. The lowest BCUT2D eigenvalue weighted by Gasteiger charge is -2.34. The van der Waals surface area contributed by atoms with Gasteiger partial charge in [-0.1, -0.05) is 68.8 Å². The van der Waals surface area contributed by atoms with Gasteiger partial charge in [-0.05, 0) is 52.8 Å². The molecule has 0 aliphatic carbocycles. The van der Waals surface area contributed by atoms with Crippen LogP contribution in [0.2, 0.25) is 5.02 Å². The van der Waals surface area contributed by atoms with Crippen LogP contribution in [-0.2, 0) is 10.3 Å². The van der Waals surface area contributed by atoms with Gasteiger partial charge in [0.2, 0.25) is 5.96 Å². The molecule has 0 saturated carbocycles. The van der Waals surface area contributed by atoms with Crippen molar-refractivity contribution in [2.45, 2.75) is 45.3 Å². The molecule has 0 radical (unpaired) electrons. The molecule has 2 amide bonds. The molecule has 10 nitrogen and oxygen atoms in total. The van der Waals surface area contributed by atoms with Gasteiger partial charge in [-0.25, -0.2) is 14.5 Å². The van der Waals surface area contributed by atoms with Crippen molar-refractivity contribution in [2.24, 2.45) is 10.4 Å². The zero-order valence-electron chi connectivity index (χ0n) is 24.7. The minimum Gasteiger partial charge on any atom is -0.465 e. The summed E-state index contributed by atoms with van der Waals surface area (Å²) >= 11 is 6.50. The number of aliphatic imine (C=N–C) groups is 1. The van der Waals surface area contributed by atoms with Crippen LogP contribution < -0.4 is 5.32 Å². The Balaban J connectivity index is 1.61. The van der Waals surface area contributed by atoms with Gasteiger partial charge in [0.05, 0.1) is 24.5 Å². The quantitative estimate of drug-likeness (QED) is 0.202. The van der Waals surface area contributed by atoms with Gasteiger partial charge in [0.1, 0.15) is 0 Å². The highest BCUT2D eigenvalue weighted by Gasteiger charge is 2.53. The highest BCUT2D eigenvalue weighted by atomic mass is 35.5. The van der Waals surface area contributed by atoms with Crippen LogP contribution >= 0.6 is 11.6 Å². The summed E-state index contributed by atoms with van der Waals surface area (Å²) in [6, 6.07) is 16.0. The first kappa shape index (κ1) is 31.7. The number of nitrogens with zero attached hydrogens (tertiary/aromatic N) is 5. The second-order valence-corrected chi connectivity index (χ2v) is 12.3. The smallest absolute Gasteiger partial charge is 0.411 e. The number of alkyl halides is 2. The number of pyridine rings is 1. The van der Waals surface area contributed by atoms with E-state index in [4.69, 9.17) is 16.6 Å². The van der Waals surface area contributed by atoms with Crippen molar-refractivity contribution in [3.8, 4) is 22.4 Å². The van der Waals surface area contributed by atoms with Crippen LogP contribution in [-0.4, -0.2) is 54.4 Å². The number of aliphatic hydroxyl groups is 1. The Kier molecular flexibility index (Phi) is 8.72. The summed E-state index contributed by atoms with van der Waals surface area (Å²) in [5.41, 5.74) is 1.07. The van der Waals surface area contributed by atoms with E-state index in [9.17, 15) is 28.6 Å². The van der Waals surface area contributed by atoms with Gasteiger partial charge in [0, 0.05) is 28.5 Å². The lowest BCUT2D eigenvalue weighted by atomic mass is 9.75. The molecule has 0 spiro atoms. The number of hydrogen-bond acceptors (Lipinski definition) is 6. The Morgan fingerprint density at radius 2 is 1.82 bits per heavy atom. The molecular formula is C32H31ClF2N6O4. The molecule has 3 N–H and O–H groups in total. The standard InChI is InChI=1S/C32H31ClF2N6O4/c1-31(2,3)18-32(22-10-7-19(8-11-22)21-15-37-40(16-21)28(34)35)27(43)41(29(39-32)38-30(44)45)26(17-42)20-9-12-24(33)23(14-20)25-6-4-5-13-36-25/h4-16,26,28,42H,17-18H2,1-3H3,(H,38,39)(H,44,45)/t26?,32-/m1/s1. The third kappa shape index (κ3) is 6.43. The zero-order chi connectivity index (χ0) is 32.5. The number of guanidine groups is 1. The molecule has 45 heavy (non-hydrogen) atoms. The topological polar surface area (TPSA) is 133 Å². The number of benzene rings is 2. The van der Waals surface area contributed by atoms with Gasteiger partial charge in [-0.2, -0.15) is 13.9 Å². The van der Waals surface area contributed by atoms with Gasteiger partial charge in [-0.15, -0.1) is 0 Å². The van der Waals surface area contributed by atoms with Crippen molar-refractivity contribution in [2.75, 3.05) is 6.61 Å². The van der Waals surface area contributed by atoms with Crippen molar-refractivity contribution in [3.63, 3.8) is 0 Å². The fraction of sp³-hybridized carbons (Fsp3) is 0.281. The van der Waals surface area contributed by atoms with E-state index >= 15 is 0 Å². The summed E-state index contributed by atoms with van der Waals surface area (Å²) in [6.07, 6.45) is 2.90. The molecule has 234 valence electrons. The molecule has 4 aromatic rings. The molecule has 1 aliphatic heterocycles. The first-order chi connectivity index (χ1) is 21.3. The first-order valence-electron chi connectivity index (χ1n) is 14.0. The van der Waals surface area contributed by atoms with Crippen LogP contribution in [0.5, 0.6) is 0 Å². The number of carbonyl (C=O) groups is 2. The first-order valence-corrected chi connectivity index (χ1v) is 14.4. The molecule has 0 bridgehead atoms. The second-order valence-electron chi connectivity index (χ2n) is 11.9. The van der Waals surface area contributed by atoms with Gasteiger partial charge in [0.25, 0.3) is 5.91 Å². The molecular weight excluding hydrogens is 606 g/mol. The normalized spacial score (nSPS) is 17.5. The number of carbonyl (C=O) groups excluding carboxylic acids is 1. The number of halogens is 3. The van der Waals surface area contributed by atoms with Crippen molar-refractivity contribution >= 4 is 29.6 Å². The number of aliphatic hydroxyl groups excluding tert-OH is 1. The van der Waals surface area contributed by atoms with E-state index in [1.807, 2.05) is 20.8 Å². The Hall–Kier alpha value is -4.68. The molecule has 0 saturated heterocycles. The Bertz CT molecular complexity index is 1740. The monoisotopic (exact) mass is 636 g/mol. The number of hydrogen-bond donors (Lipinski definition) is 3. The second kappa shape index (κ2) is 12.4. The molecule has 2 atom stereocenters. The molecule has 1 aliphatic rings. The van der Waals surface area contributed by atoms with Crippen molar-refractivity contribution in [1.82, 2.24) is 25.0 Å². The lowest BCUT2D eigenvalue weighted by molar-refractivity contribution is -0.135. The number of aromatic nitrogens is 3. The van der Waals surface area contributed by atoms with E-state index in [1.54, 1.807) is 66.9 Å². The average Bonchev–Trinajstić information content (AvgIpc) is 3.59. The summed E-state index contributed by atoms with van der Waals surface area (Å²) in [4.78, 5) is 36.9. The molecule has 1 unspecified atom stereocenters. The van der Waals surface area contributed by atoms with Crippen LogP contribution in [0.3, 0.4) is 0 Å². The van der Waals surface area contributed by atoms with E-state index in [2.05, 4.69) is 15.4 Å². The van der Waals surface area contributed by atoms with Crippen LogP contribution in [0, 0.1) is 5.41 Å².